The number of nitrogens with one attached hydrogen (secondary N) is 1. The molecule has 2 heterocycles. The first-order valence-electron chi connectivity index (χ1n) is 9.47. The molecule has 2 aromatic rings. The van der Waals surface area contributed by atoms with Gasteiger partial charge in [-0.25, -0.2) is 0 Å². The number of rotatable bonds is 6. The van der Waals surface area contributed by atoms with Crippen molar-refractivity contribution >= 4 is 17.3 Å². The first kappa shape index (κ1) is 20.3. The molecule has 1 atom stereocenters. The van der Waals surface area contributed by atoms with Gasteiger partial charge in [-0.15, -0.1) is 0 Å². The molecule has 0 unspecified atom stereocenters. The number of carbonyl (C=O) groups excluding carboxylic acids is 1. The molecule has 5 nitrogen and oxygen atoms in total. The van der Waals surface area contributed by atoms with Gasteiger partial charge in [-0.2, -0.15) is 13.2 Å². The van der Waals surface area contributed by atoms with Crippen molar-refractivity contribution in [3.05, 3.63) is 47.9 Å². The molecule has 28 heavy (non-hydrogen) atoms. The maximum atomic E-state index is 13.1. The Hall–Kier alpha value is -2.48. The maximum absolute atomic E-state index is 13.1. The normalized spacial score (nSPS) is 16.1. The smallest absolute Gasteiger partial charge is 0.416 e. The fraction of sp³-hybridized carbons (Fsp3) is 0.450. The number of benzene rings is 1. The molecule has 0 saturated carbocycles. The molecular weight excluding hydrogens is 371 g/mol. The number of halogens is 3. The zero-order valence-electron chi connectivity index (χ0n) is 15.8. The number of anilines is 2. The van der Waals surface area contributed by atoms with Crippen LogP contribution in [0.15, 0.2) is 41.0 Å². The Kier molecular flexibility index (Phi) is 6.28. The summed E-state index contributed by atoms with van der Waals surface area (Å²) in [5.41, 5.74) is 0.0809. The highest BCUT2D eigenvalue weighted by Crippen LogP contribution is 2.36. The summed E-state index contributed by atoms with van der Waals surface area (Å²) < 4.78 is 44.7. The molecule has 0 radical (unpaired) electrons. The first-order chi connectivity index (χ1) is 13.3. The van der Waals surface area contributed by atoms with E-state index in [1.807, 2.05) is 17.9 Å². The van der Waals surface area contributed by atoms with Gasteiger partial charge in [-0.1, -0.05) is 0 Å². The van der Waals surface area contributed by atoms with Gasteiger partial charge in [-0.3, -0.25) is 4.79 Å². The van der Waals surface area contributed by atoms with Gasteiger partial charge < -0.3 is 20.0 Å². The van der Waals surface area contributed by atoms with Gasteiger partial charge in [0, 0.05) is 13.1 Å². The largest absolute Gasteiger partial charge is 0.463 e. The molecule has 1 aromatic heterocycles. The van der Waals surface area contributed by atoms with Crippen molar-refractivity contribution in [1.29, 1.82) is 0 Å². The Morgan fingerprint density at radius 2 is 2.00 bits per heavy atom. The van der Waals surface area contributed by atoms with Gasteiger partial charge in [0.15, 0.2) is 12.3 Å². The third-order valence-electron chi connectivity index (χ3n) is 4.94. The van der Waals surface area contributed by atoms with Gasteiger partial charge in [0.25, 0.3) is 5.91 Å². The van der Waals surface area contributed by atoms with E-state index in [4.69, 9.17) is 4.42 Å². The number of nitrogens with two attached hydrogens (primary N) is 1. The van der Waals surface area contributed by atoms with Crippen molar-refractivity contribution in [2.75, 3.05) is 29.9 Å². The Bertz CT molecular complexity index is 784. The summed E-state index contributed by atoms with van der Waals surface area (Å²) >= 11 is 0. The lowest BCUT2D eigenvalue weighted by atomic mass is 10.1. The topological polar surface area (TPSA) is 62.1 Å². The first-order valence-corrected chi connectivity index (χ1v) is 9.47. The van der Waals surface area contributed by atoms with Gasteiger partial charge in [0.2, 0.25) is 0 Å². The highest BCUT2D eigenvalue weighted by atomic mass is 19.4. The van der Waals surface area contributed by atoms with Crippen LogP contribution in [0.2, 0.25) is 0 Å². The van der Waals surface area contributed by atoms with Gasteiger partial charge in [0.1, 0.15) is 6.04 Å². The van der Waals surface area contributed by atoms with E-state index in [1.165, 1.54) is 6.07 Å². The molecule has 1 saturated heterocycles. The van der Waals surface area contributed by atoms with Crippen molar-refractivity contribution in [1.82, 2.24) is 0 Å². The minimum atomic E-state index is -4.46. The van der Waals surface area contributed by atoms with E-state index in [0.29, 0.717) is 5.69 Å². The molecular formula is C20H25F3N3O2+. The fourth-order valence-corrected chi connectivity index (χ4v) is 3.37. The number of furan rings is 1. The lowest BCUT2D eigenvalue weighted by molar-refractivity contribution is -0.684. The molecule has 1 aromatic carbocycles. The Morgan fingerprint density at radius 1 is 1.25 bits per heavy atom. The summed E-state index contributed by atoms with van der Waals surface area (Å²) in [6, 6.07) is 7.08. The van der Waals surface area contributed by atoms with Crippen LogP contribution in [0.5, 0.6) is 0 Å². The SMILES string of the molecule is C[C@@H]([NH2+]CC(=O)Nc1cc(C(F)(F)F)ccc1N1CCCCC1)c1ccco1. The Balaban J connectivity index is 1.73. The molecule has 0 bridgehead atoms. The molecule has 0 aliphatic carbocycles. The molecule has 1 fully saturated rings. The average Bonchev–Trinajstić information content (AvgIpc) is 3.21. The number of carbonyl (C=O) groups is 1. The van der Waals surface area contributed by atoms with Crippen molar-refractivity contribution in [2.45, 2.75) is 38.4 Å². The van der Waals surface area contributed by atoms with Crippen LogP contribution in [-0.2, 0) is 11.0 Å². The fourth-order valence-electron chi connectivity index (χ4n) is 3.37. The van der Waals surface area contributed by atoms with E-state index >= 15 is 0 Å². The lowest BCUT2D eigenvalue weighted by Gasteiger charge is -2.31. The second-order valence-electron chi connectivity index (χ2n) is 7.07. The summed E-state index contributed by atoms with van der Waals surface area (Å²) in [7, 11) is 0. The van der Waals surface area contributed by atoms with Gasteiger partial charge in [0.05, 0.1) is 23.2 Å². The monoisotopic (exact) mass is 396 g/mol. The second kappa shape index (κ2) is 8.68. The van der Waals surface area contributed by atoms with E-state index < -0.39 is 11.7 Å². The number of nitrogens with zero attached hydrogens (tertiary/aromatic N) is 1. The minimum absolute atomic E-state index is 0.0659. The molecule has 3 rings (SSSR count). The van der Waals surface area contributed by atoms with Crippen LogP contribution in [0, 0.1) is 0 Å². The number of alkyl halides is 3. The highest BCUT2D eigenvalue weighted by Gasteiger charge is 2.32. The molecule has 1 aliphatic heterocycles. The molecule has 152 valence electrons. The van der Waals surface area contributed by atoms with Gasteiger partial charge in [-0.05, 0) is 56.5 Å². The third-order valence-corrected chi connectivity index (χ3v) is 4.94. The highest BCUT2D eigenvalue weighted by molar-refractivity contribution is 5.95. The van der Waals surface area contributed by atoms with Crippen molar-refractivity contribution < 1.29 is 27.7 Å². The average molecular weight is 396 g/mol. The van der Waals surface area contributed by atoms with Crippen LogP contribution in [0.3, 0.4) is 0 Å². The molecule has 8 heteroatoms. The van der Waals surface area contributed by atoms with Crippen molar-refractivity contribution in [3.8, 4) is 0 Å². The van der Waals surface area contributed by atoms with Crippen LogP contribution in [0.25, 0.3) is 0 Å². The number of hydrogen-bond acceptors (Lipinski definition) is 3. The van der Waals surface area contributed by atoms with Crippen LogP contribution in [0.1, 0.15) is 43.6 Å². The van der Waals surface area contributed by atoms with Crippen LogP contribution < -0.4 is 15.5 Å². The predicted octanol–water partition coefficient (Wildman–Crippen LogP) is 3.55. The van der Waals surface area contributed by atoms with Gasteiger partial charge >= 0.3 is 6.18 Å². The second-order valence-corrected chi connectivity index (χ2v) is 7.07. The lowest BCUT2D eigenvalue weighted by Crippen LogP contribution is -2.86. The third kappa shape index (κ3) is 5.07. The molecule has 1 amide bonds. The van der Waals surface area contributed by atoms with Crippen molar-refractivity contribution in [2.24, 2.45) is 0 Å². The summed E-state index contributed by atoms with van der Waals surface area (Å²) in [6.07, 6.45) is 0.192. The molecule has 0 spiro atoms. The zero-order chi connectivity index (χ0) is 20.1. The van der Waals surface area contributed by atoms with E-state index in [2.05, 4.69) is 5.32 Å². The Labute approximate surface area is 161 Å². The predicted molar refractivity (Wildman–Crippen MR) is 100 cm³/mol. The molecule has 1 aliphatic rings. The van der Waals surface area contributed by atoms with Crippen molar-refractivity contribution in [3.63, 3.8) is 0 Å². The summed E-state index contributed by atoms with van der Waals surface area (Å²) in [4.78, 5) is 14.4. The van der Waals surface area contributed by atoms with Crippen LogP contribution >= 0.6 is 0 Å². The number of piperidine rings is 1. The Morgan fingerprint density at radius 3 is 2.64 bits per heavy atom. The minimum Gasteiger partial charge on any atom is -0.463 e. The molecule has 3 N–H and O–H groups in total. The van der Waals surface area contributed by atoms with E-state index in [9.17, 15) is 18.0 Å². The zero-order valence-corrected chi connectivity index (χ0v) is 15.8. The number of quaternary nitrogens is 1. The maximum Gasteiger partial charge on any atom is 0.416 e. The van der Waals surface area contributed by atoms with E-state index in [-0.39, 0.29) is 24.2 Å². The number of amides is 1. The summed E-state index contributed by atoms with van der Waals surface area (Å²) in [5.74, 6) is 0.386. The quantitative estimate of drug-likeness (QED) is 0.785. The summed E-state index contributed by atoms with van der Waals surface area (Å²) in [5, 5.41) is 4.46. The van der Waals surface area contributed by atoms with E-state index in [0.717, 1.165) is 50.2 Å². The number of hydrogen-bond donors (Lipinski definition) is 2. The standard InChI is InChI=1S/C20H24F3N3O2/c1-14(18-6-5-11-28-18)24-13-19(27)25-16-12-15(20(21,22)23)7-8-17(16)26-9-3-2-4-10-26/h5-8,11-12,14,24H,2-4,9-10,13H2,1H3,(H,25,27)/p+1/t14-/m1/s1. The van der Waals surface area contributed by atoms with Crippen LogP contribution in [-0.4, -0.2) is 25.5 Å². The van der Waals surface area contributed by atoms with Crippen LogP contribution in [0.4, 0.5) is 24.5 Å². The summed E-state index contributed by atoms with van der Waals surface area (Å²) in [6.45, 7) is 3.53. The van der Waals surface area contributed by atoms with E-state index in [1.54, 1.807) is 17.6 Å².